The molecule has 0 aliphatic carbocycles. The number of nitrogens with two attached hydrogens (primary N) is 1. The molecule has 2 N–H and O–H groups in total. The second kappa shape index (κ2) is 5.22. The number of hydrogen-bond donors (Lipinski definition) is 1. The van der Waals surface area contributed by atoms with Gasteiger partial charge in [0.2, 0.25) is 5.88 Å². The Kier molecular flexibility index (Phi) is 3.66. The van der Waals surface area contributed by atoms with Crippen molar-refractivity contribution in [3.63, 3.8) is 0 Å². The normalized spacial score (nSPS) is 10.3. The smallest absolute Gasteiger partial charge is 0.267 e. The summed E-state index contributed by atoms with van der Waals surface area (Å²) < 4.78 is 7.15. The molecule has 18 heavy (non-hydrogen) atoms. The van der Waals surface area contributed by atoms with Gasteiger partial charge in [0, 0.05) is 22.3 Å². The number of benzene rings is 1. The average molecular weight is 310 g/mol. The quantitative estimate of drug-likeness (QED) is 0.875. The Morgan fingerprint density at radius 3 is 2.83 bits per heavy atom. The van der Waals surface area contributed by atoms with E-state index in [0.717, 1.165) is 10.0 Å². The van der Waals surface area contributed by atoms with Crippen LogP contribution in [-0.2, 0) is 6.54 Å². The summed E-state index contributed by atoms with van der Waals surface area (Å²) in [6, 6.07) is 8.49. The van der Waals surface area contributed by atoms with Crippen LogP contribution in [0.1, 0.15) is 5.56 Å². The summed E-state index contributed by atoms with van der Waals surface area (Å²) in [6.45, 7) is 0.355. The van der Waals surface area contributed by atoms with E-state index in [4.69, 9.17) is 10.5 Å². The van der Waals surface area contributed by atoms with Gasteiger partial charge in [0.25, 0.3) is 5.56 Å². The first-order valence-corrected chi connectivity index (χ1v) is 6.05. The SMILES string of the molecule is COc1ccc(=O)n(Cc2ccc(Br)c(N)c2)n1. The lowest BCUT2D eigenvalue weighted by molar-refractivity contribution is 0.379. The van der Waals surface area contributed by atoms with Gasteiger partial charge in [-0.2, -0.15) is 0 Å². The Morgan fingerprint density at radius 1 is 1.39 bits per heavy atom. The van der Waals surface area contributed by atoms with Crippen molar-refractivity contribution < 1.29 is 4.74 Å². The molecule has 1 aromatic carbocycles. The fourth-order valence-electron chi connectivity index (χ4n) is 1.52. The van der Waals surface area contributed by atoms with Crippen molar-refractivity contribution >= 4 is 21.6 Å². The standard InChI is InChI=1S/C12H12BrN3O2/c1-18-11-4-5-12(17)16(15-11)7-8-2-3-9(13)10(14)6-8/h2-6H,7,14H2,1H3. The number of rotatable bonds is 3. The van der Waals surface area contributed by atoms with Gasteiger partial charge in [0.05, 0.1) is 13.7 Å². The Morgan fingerprint density at radius 2 is 2.17 bits per heavy atom. The third kappa shape index (κ3) is 2.70. The summed E-state index contributed by atoms with van der Waals surface area (Å²) in [5.41, 5.74) is 7.14. The van der Waals surface area contributed by atoms with E-state index in [1.54, 1.807) is 6.07 Å². The maximum atomic E-state index is 11.6. The minimum absolute atomic E-state index is 0.183. The molecule has 0 unspecified atom stereocenters. The molecule has 94 valence electrons. The molecule has 2 rings (SSSR count). The van der Waals surface area contributed by atoms with E-state index in [1.807, 2.05) is 12.1 Å². The van der Waals surface area contributed by atoms with Gasteiger partial charge in [-0.3, -0.25) is 4.79 Å². The van der Waals surface area contributed by atoms with E-state index in [9.17, 15) is 4.79 Å². The molecule has 0 atom stereocenters. The monoisotopic (exact) mass is 309 g/mol. The van der Waals surface area contributed by atoms with Crippen LogP contribution in [0.15, 0.2) is 39.6 Å². The zero-order valence-corrected chi connectivity index (χ0v) is 11.3. The molecular formula is C12H12BrN3O2. The third-order valence-electron chi connectivity index (χ3n) is 2.44. The number of ether oxygens (including phenoxy) is 1. The van der Waals surface area contributed by atoms with E-state index in [1.165, 1.54) is 23.9 Å². The summed E-state index contributed by atoms with van der Waals surface area (Å²) >= 11 is 3.32. The molecule has 2 aromatic rings. The average Bonchev–Trinajstić information content (AvgIpc) is 2.36. The van der Waals surface area contributed by atoms with Crippen LogP contribution < -0.4 is 16.0 Å². The van der Waals surface area contributed by atoms with Crippen LogP contribution in [0.4, 0.5) is 5.69 Å². The lowest BCUT2D eigenvalue weighted by Crippen LogP contribution is -2.22. The Balaban J connectivity index is 2.33. The van der Waals surface area contributed by atoms with Crippen molar-refractivity contribution in [2.24, 2.45) is 0 Å². The lowest BCUT2D eigenvalue weighted by atomic mass is 10.2. The Bertz CT molecular complexity index is 625. The van der Waals surface area contributed by atoms with Crippen LogP contribution in [0.5, 0.6) is 5.88 Å². The minimum atomic E-state index is -0.183. The Labute approximate surface area is 112 Å². The van der Waals surface area contributed by atoms with E-state index in [-0.39, 0.29) is 5.56 Å². The number of nitrogens with zero attached hydrogens (tertiary/aromatic N) is 2. The minimum Gasteiger partial charge on any atom is -0.480 e. The number of methoxy groups -OCH3 is 1. The van der Waals surface area contributed by atoms with E-state index in [0.29, 0.717) is 18.1 Å². The van der Waals surface area contributed by atoms with E-state index < -0.39 is 0 Å². The van der Waals surface area contributed by atoms with Gasteiger partial charge in [-0.15, -0.1) is 5.10 Å². The van der Waals surface area contributed by atoms with Crippen LogP contribution in [0, 0.1) is 0 Å². The molecule has 5 nitrogen and oxygen atoms in total. The highest BCUT2D eigenvalue weighted by molar-refractivity contribution is 9.10. The maximum absolute atomic E-state index is 11.6. The van der Waals surface area contributed by atoms with Gasteiger partial charge >= 0.3 is 0 Å². The van der Waals surface area contributed by atoms with Crippen LogP contribution in [-0.4, -0.2) is 16.9 Å². The summed E-state index contributed by atoms with van der Waals surface area (Å²) in [5.74, 6) is 0.402. The first kappa shape index (κ1) is 12.6. The van der Waals surface area contributed by atoms with Gasteiger partial charge in [-0.05, 0) is 33.6 Å². The van der Waals surface area contributed by atoms with Crippen LogP contribution in [0.2, 0.25) is 0 Å². The van der Waals surface area contributed by atoms with Crippen LogP contribution in [0.3, 0.4) is 0 Å². The van der Waals surface area contributed by atoms with Gasteiger partial charge in [-0.1, -0.05) is 6.07 Å². The highest BCUT2D eigenvalue weighted by atomic mass is 79.9. The predicted molar refractivity (Wildman–Crippen MR) is 72.7 cm³/mol. The van der Waals surface area contributed by atoms with Gasteiger partial charge in [0.15, 0.2) is 0 Å². The highest BCUT2D eigenvalue weighted by Crippen LogP contribution is 2.20. The molecule has 0 aliphatic heterocycles. The second-order valence-corrected chi connectivity index (χ2v) is 4.58. The Hall–Kier alpha value is -1.82. The van der Waals surface area contributed by atoms with Crippen molar-refractivity contribution in [2.75, 3.05) is 12.8 Å². The van der Waals surface area contributed by atoms with Gasteiger partial charge in [-0.25, -0.2) is 4.68 Å². The second-order valence-electron chi connectivity index (χ2n) is 3.73. The first-order valence-electron chi connectivity index (χ1n) is 5.26. The van der Waals surface area contributed by atoms with E-state index >= 15 is 0 Å². The summed E-state index contributed by atoms with van der Waals surface area (Å²) in [6.07, 6.45) is 0. The van der Waals surface area contributed by atoms with Crippen molar-refractivity contribution in [2.45, 2.75) is 6.54 Å². The predicted octanol–water partition coefficient (Wildman–Crippen LogP) is 1.64. The number of aromatic nitrogens is 2. The molecule has 0 spiro atoms. The molecule has 0 saturated carbocycles. The molecule has 0 fully saturated rings. The van der Waals surface area contributed by atoms with E-state index in [2.05, 4.69) is 21.0 Å². The zero-order chi connectivity index (χ0) is 13.1. The molecular weight excluding hydrogens is 298 g/mol. The molecule has 0 bridgehead atoms. The summed E-state index contributed by atoms with van der Waals surface area (Å²) in [5, 5.41) is 4.07. The third-order valence-corrected chi connectivity index (χ3v) is 3.17. The fraction of sp³-hybridized carbons (Fsp3) is 0.167. The first-order chi connectivity index (χ1) is 8.60. The molecule has 1 aromatic heterocycles. The number of hydrogen-bond acceptors (Lipinski definition) is 4. The number of nitrogen functional groups attached to an aromatic ring is 1. The fourth-order valence-corrected chi connectivity index (χ4v) is 1.76. The maximum Gasteiger partial charge on any atom is 0.267 e. The van der Waals surface area contributed by atoms with Crippen molar-refractivity contribution in [3.05, 3.63) is 50.7 Å². The lowest BCUT2D eigenvalue weighted by Gasteiger charge is -2.07. The zero-order valence-electron chi connectivity index (χ0n) is 9.76. The number of halogens is 1. The molecule has 0 aliphatic rings. The van der Waals surface area contributed by atoms with Crippen molar-refractivity contribution in [1.29, 1.82) is 0 Å². The highest BCUT2D eigenvalue weighted by Gasteiger charge is 2.03. The van der Waals surface area contributed by atoms with Crippen molar-refractivity contribution in [1.82, 2.24) is 9.78 Å². The molecule has 0 saturated heterocycles. The molecule has 0 radical (unpaired) electrons. The topological polar surface area (TPSA) is 70.1 Å². The van der Waals surface area contributed by atoms with Gasteiger partial charge in [0.1, 0.15) is 0 Å². The van der Waals surface area contributed by atoms with Crippen LogP contribution >= 0.6 is 15.9 Å². The van der Waals surface area contributed by atoms with Crippen LogP contribution in [0.25, 0.3) is 0 Å². The summed E-state index contributed by atoms with van der Waals surface area (Å²) in [7, 11) is 1.51. The summed E-state index contributed by atoms with van der Waals surface area (Å²) in [4.78, 5) is 11.6. The molecule has 0 amide bonds. The number of anilines is 1. The van der Waals surface area contributed by atoms with Gasteiger partial charge < -0.3 is 10.5 Å². The van der Waals surface area contributed by atoms with Crippen molar-refractivity contribution in [3.8, 4) is 5.88 Å². The largest absolute Gasteiger partial charge is 0.480 e. The molecule has 6 heteroatoms. The molecule has 1 heterocycles.